The van der Waals surface area contributed by atoms with Gasteiger partial charge in [-0.15, -0.1) is 0 Å². The van der Waals surface area contributed by atoms with Crippen LogP contribution in [0.4, 0.5) is 0 Å². The molecular formula is C20H26N2O5S. The highest BCUT2D eigenvalue weighted by Gasteiger charge is 2.26. The summed E-state index contributed by atoms with van der Waals surface area (Å²) in [6.45, 7) is 3.92. The summed E-state index contributed by atoms with van der Waals surface area (Å²) in [4.78, 5) is 12.5. The first-order chi connectivity index (χ1) is 13.4. The molecule has 2 aromatic carbocycles. The Kier molecular flexibility index (Phi) is 7.98. The zero-order valence-corrected chi connectivity index (χ0v) is 16.8. The number of rotatable bonds is 10. The Morgan fingerprint density at radius 2 is 1.89 bits per heavy atom. The van der Waals surface area contributed by atoms with Crippen LogP contribution in [0.5, 0.6) is 5.75 Å². The molecule has 0 saturated heterocycles. The van der Waals surface area contributed by atoms with Crippen LogP contribution < -0.4 is 14.8 Å². The summed E-state index contributed by atoms with van der Waals surface area (Å²) < 4.78 is 33.6. The van der Waals surface area contributed by atoms with Gasteiger partial charge in [-0.25, -0.2) is 8.42 Å². The predicted molar refractivity (Wildman–Crippen MR) is 107 cm³/mol. The third-order valence-electron chi connectivity index (χ3n) is 4.06. The fourth-order valence-corrected chi connectivity index (χ4v) is 3.98. The van der Waals surface area contributed by atoms with Gasteiger partial charge in [0.05, 0.1) is 18.1 Å². The number of hydrogen-bond acceptors (Lipinski definition) is 5. The molecule has 0 aliphatic carbocycles. The van der Waals surface area contributed by atoms with Crippen LogP contribution in [-0.2, 0) is 21.2 Å². The number of amides is 1. The van der Waals surface area contributed by atoms with Crippen molar-refractivity contribution in [3.8, 4) is 5.75 Å². The summed E-state index contributed by atoms with van der Waals surface area (Å²) in [7, 11) is -3.93. The van der Waals surface area contributed by atoms with E-state index in [0.717, 1.165) is 5.56 Å². The first kappa shape index (κ1) is 21.9. The van der Waals surface area contributed by atoms with Crippen molar-refractivity contribution in [3.63, 3.8) is 0 Å². The smallest absolute Gasteiger partial charge is 0.241 e. The lowest BCUT2D eigenvalue weighted by molar-refractivity contribution is -0.122. The highest BCUT2D eigenvalue weighted by atomic mass is 32.2. The van der Waals surface area contributed by atoms with E-state index in [1.54, 1.807) is 13.0 Å². The van der Waals surface area contributed by atoms with Crippen LogP contribution in [0.25, 0.3) is 0 Å². The van der Waals surface area contributed by atoms with Crippen molar-refractivity contribution in [1.29, 1.82) is 0 Å². The van der Waals surface area contributed by atoms with E-state index in [0.29, 0.717) is 17.9 Å². The lowest BCUT2D eigenvalue weighted by Crippen LogP contribution is -2.48. The standard InChI is InChI=1S/C20H26N2O5S/c1-3-27-19-10-9-17(13-15(19)2)28(25,26)22-18(20(24)21-11-12-23)14-16-7-5-4-6-8-16/h4-10,13,18,22-23H,3,11-12,14H2,1-2H3,(H,21,24). The normalized spacial score (nSPS) is 12.4. The van der Waals surface area contributed by atoms with Crippen molar-refractivity contribution in [1.82, 2.24) is 10.0 Å². The molecule has 2 rings (SSSR count). The highest BCUT2D eigenvalue weighted by molar-refractivity contribution is 7.89. The van der Waals surface area contributed by atoms with Crippen LogP contribution in [0.1, 0.15) is 18.1 Å². The molecule has 1 atom stereocenters. The molecule has 0 saturated carbocycles. The van der Waals surface area contributed by atoms with Crippen LogP contribution >= 0.6 is 0 Å². The molecule has 7 nitrogen and oxygen atoms in total. The van der Waals surface area contributed by atoms with Crippen molar-refractivity contribution >= 4 is 15.9 Å². The van der Waals surface area contributed by atoms with Crippen molar-refractivity contribution in [2.45, 2.75) is 31.2 Å². The molecule has 28 heavy (non-hydrogen) atoms. The molecule has 152 valence electrons. The first-order valence-electron chi connectivity index (χ1n) is 9.05. The minimum Gasteiger partial charge on any atom is -0.494 e. The number of aliphatic hydroxyl groups is 1. The molecule has 8 heteroatoms. The Labute approximate surface area is 165 Å². The van der Waals surface area contributed by atoms with Crippen LogP contribution in [0, 0.1) is 6.92 Å². The molecule has 0 bridgehead atoms. The van der Waals surface area contributed by atoms with Crippen LogP contribution in [0.3, 0.4) is 0 Å². The Morgan fingerprint density at radius 3 is 2.50 bits per heavy atom. The minimum absolute atomic E-state index is 0.0496. The number of hydrogen-bond donors (Lipinski definition) is 3. The van der Waals surface area contributed by atoms with Gasteiger partial charge >= 0.3 is 0 Å². The maximum absolute atomic E-state index is 12.9. The second-order valence-corrected chi connectivity index (χ2v) is 7.95. The molecule has 1 unspecified atom stereocenters. The number of sulfonamides is 1. The zero-order valence-electron chi connectivity index (χ0n) is 16.0. The zero-order chi connectivity index (χ0) is 20.6. The van der Waals surface area contributed by atoms with Gasteiger partial charge in [0.25, 0.3) is 0 Å². The fourth-order valence-electron chi connectivity index (χ4n) is 2.70. The average Bonchev–Trinajstić information content (AvgIpc) is 2.68. The van der Waals surface area contributed by atoms with Crippen LogP contribution in [-0.4, -0.2) is 45.2 Å². The minimum atomic E-state index is -3.93. The van der Waals surface area contributed by atoms with Gasteiger partial charge in [0, 0.05) is 6.54 Å². The fraction of sp³-hybridized carbons (Fsp3) is 0.350. The Balaban J connectivity index is 2.25. The SMILES string of the molecule is CCOc1ccc(S(=O)(=O)NC(Cc2ccccc2)C(=O)NCCO)cc1C. The molecule has 3 N–H and O–H groups in total. The van der Waals surface area contributed by atoms with Crippen molar-refractivity contribution in [3.05, 3.63) is 59.7 Å². The molecule has 2 aromatic rings. The number of aryl methyl sites for hydroxylation is 1. The van der Waals surface area contributed by atoms with Crippen molar-refractivity contribution in [2.24, 2.45) is 0 Å². The average molecular weight is 407 g/mol. The van der Waals surface area contributed by atoms with Gasteiger partial charge in [0.2, 0.25) is 15.9 Å². The van der Waals surface area contributed by atoms with Gasteiger partial charge in [-0.05, 0) is 49.6 Å². The largest absolute Gasteiger partial charge is 0.494 e. The highest BCUT2D eigenvalue weighted by Crippen LogP contribution is 2.22. The quantitative estimate of drug-likeness (QED) is 0.553. The number of aliphatic hydroxyl groups excluding tert-OH is 1. The Hall–Kier alpha value is -2.42. The van der Waals surface area contributed by atoms with E-state index in [4.69, 9.17) is 9.84 Å². The number of nitrogens with one attached hydrogen (secondary N) is 2. The van der Waals surface area contributed by atoms with Gasteiger partial charge in [-0.3, -0.25) is 4.79 Å². The molecule has 0 heterocycles. The van der Waals surface area contributed by atoms with Gasteiger partial charge in [0.1, 0.15) is 11.8 Å². The summed E-state index contributed by atoms with van der Waals surface area (Å²) in [6.07, 6.45) is 0.188. The van der Waals surface area contributed by atoms with E-state index in [1.807, 2.05) is 37.3 Å². The predicted octanol–water partition coefficient (Wildman–Crippen LogP) is 1.39. The monoisotopic (exact) mass is 406 g/mol. The van der Waals surface area contributed by atoms with E-state index >= 15 is 0 Å². The summed E-state index contributed by atoms with van der Waals surface area (Å²) >= 11 is 0. The molecular weight excluding hydrogens is 380 g/mol. The maximum atomic E-state index is 12.9. The number of ether oxygens (including phenoxy) is 1. The topological polar surface area (TPSA) is 105 Å². The Morgan fingerprint density at radius 1 is 1.18 bits per heavy atom. The summed E-state index contributed by atoms with van der Waals surface area (Å²) in [5.41, 5.74) is 1.51. The molecule has 0 aliphatic rings. The third kappa shape index (κ3) is 6.05. The molecule has 0 fully saturated rings. The maximum Gasteiger partial charge on any atom is 0.241 e. The van der Waals surface area contributed by atoms with E-state index in [1.165, 1.54) is 12.1 Å². The van der Waals surface area contributed by atoms with Crippen molar-refractivity contribution < 1.29 is 23.1 Å². The van der Waals surface area contributed by atoms with Gasteiger partial charge < -0.3 is 15.2 Å². The number of carbonyl (C=O) groups is 1. The first-order valence-corrected chi connectivity index (χ1v) is 10.5. The van der Waals surface area contributed by atoms with Crippen LogP contribution in [0.2, 0.25) is 0 Å². The molecule has 0 radical (unpaired) electrons. The van der Waals surface area contributed by atoms with E-state index in [-0.39, 0.29) is 24.5 Å². The van der Waals surface area contributed by atoms with Crippen LogP contribution in [0.15, 0.2) is 53.4 Å². The Bertz CT molecular complexity index is 885. The lowest BCUT2D eigenvalue weighted by atomic mass is 10.1. The van der Waals surface area contributed by atoms with Crippen molar-refractivity contribution in [2.75, 3.05) is 19.8 Å². The summed E-state index contributed by atoms with van der Waals surface area (Å²) in [6, 6.07) is 12.7. The van der Waals surface area contributed by atoms with E-state index in [9.17, 15) is 13.2 Å². The summed E-state index contributed by atoms with van der Waals surface area (Å²) in [5.74, 6) is 0.118. The number of carbonyl (C=O) groups excluding carboxylic acids is 1. The molecule has 0 aromatic heterocycles. The summed E-state index contributed by atoms with van der Waals surface area (Å²) in [5, 5.41) is 11.5. The molecule has 0 spiro atoms. The van der Waals surface area contributed by atoms with Gasteiger partial charge in [-0.2, -0.15) is 4.72 Å². The van der Waals surface area contributed by atoms with Gasteiger partial charge in [-0.1, -0.05) is 30.3 Å². The second-order valence-electron chi connectivity index (χ2n) is 6.24. The van der Waals surface area contributed by atoms with E-state index < -0.39 is 22.0 Å². The van der Waals surface area contributed by atoms with Gasteiger partial charge in [0.15, 0.2) is 0 Å². The molecule has 1 amide bonds. The number of benzene rings is 2. The lowest BCUT2D eigenvalue weighted by Gasteiger charge is -2.19. The third-order valence-corrected chi connectivity index (χ3v) is 5.53. The second kappa shape index (κ2) is 10.2. The molecule has 0 aliphatic heterocycles. The van der Waals surface area contributed by atoms with E-state index in [2.05, 4.69) is 10.0 Å².